The lowest BCUT2D eigenvalue weighted by Crippen LogP contribution is -2.41. The Kier molecular flexibility index (Phi) is 4.99. The number of aromatic nitrogens is 1. The number of amidine groups is 3. The van der Waals surface area contributed by atoms with Crippen molar-refractivity contribution in [3.8, 4) is 0 Å². The van der Waals surface area contributed by atoms with E-state index in [1.165, 1.54) is 17.3 Å². The van der Waals surface area contributed by atoms with Crippen LogP contribution >= 0.6 is 23.7 Å². The lowest BCUT2D eigenvalue weighted by molar-refractivity contribution is -0.114. The zero-order chi connectivity index (χ0) is 19.8. The van der Waals surface area contributed by atoms with Crippen molar-refractivity contribution < 1.29 is 4.79 Å². The molecule has 0 unspecified atom stereocenters. The van der Waals surface area contributed by atoms with Crippen LogP contribution in [0.15, 0.2) is 51.4 Å². The van der Waals surface area contributed by atoms with Crippen LogP contribution in [-0.4, -0.2) is 37.8 Å². The van der Waals surface area contributed by atoms with Gasteiger partial charge < -0.3 is 4.57 Å². The number of thioether (sulfide) groups is 1. The second-order valence-corrected chi connectivity index (χ2v) is 8.01. The number of nitrogens with one attached hydrogen (secondary N) is 1. The van der Waals surface area contributed by atoms with Gasteiger partial charge in [-0.1, -0.05) is 42.1 Å². The van der Waals surface area contributed by atoms with Crippen molar-refractivity contribution in [2.75, 3.05) is 6.26 Å². The van der Waals surface area contributed by atoms with Crippen molar-refractivity contribution in [2.45, 2.75) is 20.4 Å². The molecule has 0 radical (unpaired) electrons. The first kappa shape index (κ1) is 18.8. The molecule has 0 spiro atoms. The van der Waals surface area contributed by atoms with Gasteiger partial charge in [0.15, 0.2) is 5.17 Å². The second kappa shape index (κ2) is 7.44. The van der Waals surface area contributed by atoms with Crippen molar-refractivity contribution in [2.24, 2.45) is 9.39 Å². The van der Waals surface area contributed by atoms with E-state index in [1.54, 1.807) is 11.0 Å². The van der Waals surface area contributed by atoms with E-state index in [4.69, 9.17) is 5.41 Å². The summed E-state index contributed by atoms with van der Waals surface area (Å²) in [6.07, 6.45) is 3.67. The van der Waals surface area contributed by atoms with Gasteiger partial charge in [-0.2, -0.15) is 9.39 Å². The third-order valence-corrected chi connectivity index (χ3v) is 6.23. The smallest absolute Gasteiger partial charge is 0.283 e. The van der Waals surface area contributed by atoms with Gasteiger partial charge in [-0.15, -0.1) is 0 Å². The van der Waals surface area contributed by atoms with Gasteiger partial charge in [0.05, 0.1) is 17.5 Å². The summed E-state index contributed by atoms with van der Waals surface area (Å²) in [5, 5.41) is 9.66. The van der Waals surface area contributed by atoms with E-state index in [1.807, 2.05) is 37.4 Å². The van der Waals surface area contributed by atoms with Gasteiger partial charge in [0.1, 0.15) is 5.84 Å². The Morgan fingerprint density at radius 1 is 1.25 bits per heavy atom. The average Bonchev–Trinajstić information content (AvgIpc) is 3.21. The highest BCUT2D eigenvalue weighted by Crippen LogP contribution is 2.31. The summed E-state index contributed by atoms with van der Waals surface area (Å²) in [5.74, 6) is -0.268. The SMILES string of the molecule is CSC1=NSC2=NC(=O)/C(=C\c3cc(C)n(Cc4ccccc4)c3C)C(=N)N12. The maximum atomic E-state index is 12.5. The molecule has 0 bridgehead atoms. The first-order chi connectivity index (χ1) is 13.5. The molecule has 2 aliphatic heterocycles. The van der Waals surface area contributed by atoms with E-state index in [0.29, 0.717) is 10.3 Å². The Labute approximate surface area is 172 Å². The zero-order valence-corrected chi connectivity index (χ0v) is 17.4. The fourth-order valence-corrected chi connectivity index (χ4v) is 4.72. The van der Waals surface area contributed by atoms with Gasteiger partial charge in [-0.3, -0.25) is 10.2 Å². The molecule has 1 aromatic heterocycles. The standard InChI is InChI=1S/C20H19N5OS2/c1-12-9-15(13(2)24(12)11-14-7-5-4-6-8-14)10-16-17(21)25-19(22-18(16)26)28-23-20(25)27-3/h4-10,21H,11H2,1-3H3/b16-10-,21-17?. The molecule has 1 amide bonds. The van der Waals surface area contributed by atoms with Crippen LogP contribution < -0.4 is 0 Å². The van der Waals surface area contributed by atoms with Gasteiger partial charge in [-0.05, 0) is 43.4 Å². The number of carbonyl (C=O) groups excluding carboxylic acids is 1. The summed E-state index contributed by atoms with van der Waals surface area (Å²) in [5.41, 5.74) is 4.59. The summed E-state index contributed by atoms with van der Waals surface area (Å²) in [7, 11) is 0. The van der Waals surface area contributed by atoms with Crippen LogP contribution in [0.1, 0.15) is 22.5 Å². The number of aryl methyl sites for hydroxylation is 1. The number of aliphatic imine (C=N–C) groups is 1. The molecule has 1 N–H and O–H groups in total. The topological polar surface area (TPSA) is 73.8 Å². The van der Waals surface area contributed by atoms with Gasteiger partial charge >= 0.3 is 0 Å². The van der Waals surface area contributed by atoms with E-state index in [-0.39, 0.29) is 11.4 Å². The van der Waals surface area contributed by atoms with Crippen molar-refractivity contribution in [3.63, 3.8) is 0 Å². The van der Waals surface area contributed by atoms with Crippen LogP contribution in [-0.2, 0) is 11.3 Å². The molecule has 4 rings (SSSR count). The van der Waals surface area contributed by atoms with E-state index in [9.17, 15) is 4.79 Å². The Morgan fingerprint density at radius 3 is 2.71 bits per heavy atom. The summed E-state index contributed by atoms with van der Waals surface area (Å²) in [6.45, 7) is 4.85. The Hall–Kier alpha value is -2.58. The van der Waals surface area contributed by atoms with E-state index < -0.39 is 5.91 Å². The molecule has 0 fully saturated rings. The molecule has 1 aromatic carbocycles. The number of carbonyl (C=O) groups is 1. The number of nitrogens with zero attached hydrogens (tertiary/aromatic N) is 4. The number of fused-ring (bicyclic) bond motifs is 1. The molecule has 6 nitrogen and oxygen atoms in total. The van der Waals surface area contributed by atoms with Gasteiger partial charge in [0.2, 0.25) is 5.17 Å². The van der Waals surface area contributed by atoms with Gasteiger partial charge in [0, 0.05) is 17.9 Å². The minimum absolute atomic E-state index is 0.126. The van der Waals surface area contributed by atoms with E-state index in [0.717, 1.165) is 35.4 Å². The molecule has 0 aliphatic carbocycles. The van der Waals surface area contributed by atoms with Crippen LogP contribution in [0.2, 0.25) is 0 Å². The molecule has 2 aromatic rings. The molecule has 28 heavy (non-hydrogen) atoms. The van der Waals surface area contributed by atoms with Gasteiger partial charge in [-0.25, -0.2) is 4.90 Å². The largest absolute Gasteiger partial charge is 0.344 e. The third kappa shape index (κ3) is 3.22. The fraction of sp³-hybridized carbons (Fsp3) is 0.200. The van der Waals surface area contributed by atoms with Crippen LogP contribution in [0.3, 0.4) is 0 Å². The fourth-order valence-electron chi connectivity index (χ4n) is 3.27. The van der Waals surface area contributed by atoms with E-state index in [2.05, 4.69) is 33.0 Å². The molecular formula is C20H19N5OS2. The third-order valence-electron chi connectivity index (χ3n) is 4.77. The zero-order valence-electron chi connectivity index (χ0n) is 15.8. The minimum Gasteiger partial charge on any atom is -0.344 e. The maximum absolute atomic E-state index is 12.5. The van der Waals surface area contributed by atoms with Crippen molar-refractivity contribution in [1.82, 2.24) is 9.47 Å². The van der Waals surface area contributed by atoms with Crippen LogP contribution in [0.25, 0.3) is 6.08 Å². The van der Waals surface area contributed by atoms with Crippen LogP contribution in [0.5, 0.6) is 0 Å². The number of benzene rings is 1. The highest BCUT2D eigenvalue weighted by Gasteiger charge is 2.37. The molecule has 8 heteroatoms. The Bertz CT molecular complexity index is 1070. The molecule has 0 saturated carbocycles. The molecule has 0 atom stereocenters. The average molecular weight is 410 g/mol. The predicted octanol–water partition coefficient (Wildman–Crippen LogP) is 4.09. The number of hydrogen-bond donors (Lipinski definition) is 1. The lowest BCUT2D eigenvalue weighted by Gasteiger charge is -2.23. The number of rotatable bonds is 3. The van der Waals surface area contributed by atoms with E-state index >= 15 is 0 Å². The van der Waals surface area contributed by atoms with Crippen molar-refractivity contribution in [1.29, 1.82) is 5.41 Å². The summed E-state index contributed by atoms with van der Waals surface area (Å²) in [6, 6.07) is 12.3. The normalized spacial score (nSPS) is 17.8. The monoisotopic (exact) mass is 409 g/mol. The lowest BCUT2D eigenvalue weighted by atomic mass is 10.1. The van der Waals surface area contributed by atoms with Gasteiger partial charge in [0.25, 0.3) is 5.91 Å². The first-order valence-corrected chi connectivity index (χ1v) is 10.7. The second-order valence-electron chi connectivity index (χ2n) is 6.51. The molecule has 3 heterocycles. The summed E-state index contributed by atoms with van der Waals surface area (Å²) in [4.78, 5) is 18.3. The Balaban J connectivity index is 1.70. The highest BCUT2D eigenvalue weighted by molar-refractivity contribution is 8.18. The summed E-state index contributed by atoms with van der Waals surface area (Å²) < 4.78 is 6.49. The van der Waals surface area contributed by atoms with Crippen molar-refractivity contribution >= 4 is 51.9 Å². The molecule has 0 saturated heterocycles. The predicted molar refractivity (Wildman–Crippen MR) is 118 cm³/mol. The Morgan fingerprint density at radius 2 is 2.00 bits per heavy atom. The molecule has 142 valence electrons. The molecular weight excluding hydrogens is 390 g/mol. The highest BCUT2D eigenvalue weighted by atomic mass is 32.2. The number of amides is 1. The number of hydrogen-bond acceptors (Lipinski definition) is 5. The first-order valence-electron chi connectivity index (χ1n) is 8.73. The molecule has 2 aliphatic rings. The quantitative estimate of drug-likeness (QED) is 0.612. The van der Waals surface area contributed by atoms with Crippen molar-refractivity contribution in [3.05, 3.63) is 64.5 Å². The maximum Gasteiger partial charge on any atom is 0.283 e. The summed E-state index contributed by atoms with van der Waals surface area (Å²) >= 11 is 2.57. The van der Waals surface area contributed by atoms with Crippen LogP contribution in [0, 0.1) is 19.3 Å². The minimum atomic E-state index is -0.394. The van der Waals surface area contributed by atoms with Crippen LogP contribution in [0.4, 0.5) is 0 Å².